The lowest BCUT2D eigenvalue weighted by Gasteiger charge is -1.96. The standard InChI is InChI=1S/C10H10O2.C10H18O/c1-12-10(11)8-7-9-5-3-2-4-6-9;1-9(2)5-4-6-10(3)7-8-11/h2-8H,1H3;5,7,11H,4,6,8H2,1-3H3/b8-7+;10-7+. The number of aliphatic hydroxyl groups excluding tert-OH is 1. The maximum Gasteiger partial charge on any atom is 0.330 e. The average molecular weight is 316 g/mol. The van der Waals surface area contributed by atoms with Crippen molar-refractivity contribution in [2.24, 2.45) is 0 Å². The molecule has 0 radical (unpaired) electrons. The summed E-state index contributed by atoms with van der Waals surface area (Å²) in [6.45, 7) is 6.42. The Hall–Kier alpha value is -2.13. The fourth-order valence-electron chi connectivity index (χ4n) is 1.64. The van der Waals surface area contributed by atoms with Crippen LogP contribution >= 0.6 is 0 Å². The van der Waals surface area contributed by atoms with Gasteiger partial charge in [0.05, 0.1) is 13.7 Å². The Bertz CT molecular complexity index is 521. The van der Waals surface area contributed by atoms with E-state index in [2.05, 4.69) is 31.6 Å². The summed E-state index contributed by atoms with van der Waals surface area (Å²) in [6, 6.07) is 9.59. The molecule has 1 N–H and O–H groups in total. The summed E-state index contributed by atoms with van der Waals surface area (Å²) < 4.78 is 4.45. The van der Waals surface area contributed by atoms with Gasteiger partial charge in [-0.15, -0.1) is 0 Å². The van der Waals surface area contributed by atoms with Crippen molar-refractivity contribution in [3.8, 4) is 0 Å². The Morgan fingerprint density at radius 2 is 1.78 bits per heavy atom. The summed E-state index contributed by atoms with van der Waals surface area (Å²) in [5.41, 5.74) is 3.62. The third kappa shape index (κ3) is 13.3. The second-order valence-corrected chi connectivity index (χ2v) is 5.32. The number of carbonyl (C=O) groups is 1. The van der Waals surface area contributed by atoms with Gasteiger partial charge in [0.25, 0.3) is 0 Å². The van der Waals surface area contributed by atoms with E-state index in [1.54, 1.807) is 6.08 Å². The van der Waals surface area contributed by atoms with Crippen molar-refractivity contribution in [3.63, 3.8) is 0 Å². The highest BCUT2D eigenvalue weighted by molar-refractivity contribution is 5.86. The number of allylic oxidation sites excluding steroid dienone is 3. The molecule has 0 aromatic heterocycles. The molecule has 0 aliphatic rings. The van der Waals surface area contributed by atoms with Crippen LogP contribution in [0.4, 0.5) is 0 Å². The van der Waals surface area contributed by atoms with Gasteiger partial charge >= 0.3 is 5.97 Å². The number of rotatable bonds is 6. The molecule has 23 heavy (non-hydrogen) atoms. The van der Waals surface area contributed by atoms with Crippen molar-refractivity contribution in [1.82, 2.24) is 0 Å². The van der Waals surface area contributed by atoms with Gasteiger partial charge in [0.15, 0.2) is 0 Å². The van der Waals surface area contributed by atoms with E-state index in [-0.39, 0.29) is 12.6 Å². The van der Waals surface area contributed by atoms with E-state index in [0.717, 1.165) is 18.4 Å². The molecular weight excluding hydrogens is 288 g/mol. The summed E-state index contributed by atoms with van der Waals surface area (Å²) in [5.74, 6) is -0.334. The number of esters is 1. The first kappa shape index (κ1) is 20.9. The number of carbonyl (C=O) groups excluding carboxylic acids is 1. The van der Waals surface area contributed by atoms with Gasteiger partial charge in [-0.2, -0.15) is 0 Å². The first-order valence-electron chi connectivity index (χ1n) is 7.70. The van der Waals surface area contributed by atoms with Crippen molar-refractivity contribution < 1.29 is 14.6 Å². The Morgan fingerprint density at radius 3 is 2.30 bits per heavy atom. The monoisotopic (exact) mass is 316 g/mol. The minimum atomic E-state index is -0.334. The Kier molecular flexibility index (Phi) is 12.3. The van der Waals surface area contributed by atoms with Gasteiger partial charge in [-0.3, -0.25) is 0 Å². The molecule has 0 fully saturated rings. The van der Waals surface area contributed by atoms with Crippen LogP contribution in [0.1, 0.15) is 39.2 Å². The fraction of sp³-hybridized carbons (Fsp3) is 0.350. The van der Waals surface area contributed by atoms with E-state index < -0.39 is 0 Å². The molecule has 0 aliphatic heterocycles. The predicted molar refractivity (Wildman–Crippen MR) is 97.0 cm³/mol. The molecule has 0 heterocycles. The summed E-state index contributed by atoms with van der Waals surface area (Å²) in [5, 5.41) is 8.55. The van der Waals surface area contributed by atoms with Crippen LogP contribution in [0.25, 0.3) is 6.08 Å². The smallest absolute Gasteiger partial charge is 0.330 e. The van der Waals surface area contributed by atoms with Crippen LogP contribution < -0.4 is 0 Å². The number of hydrogen-bond acceptors (Lipinski definition) is 3. The highest BCUT2D eigenvalue weighted by atomic mass is 16.5. The van der Waals surface area contributed by atoms with Crippen molar-refractivity contribution in [2.75, 3.05) is 13.7 Å². The van der Waals surface area contributed by atoms with Crippen molar-refractivity contribution in [3.05, 3.63) is 65.3 Å². The van der Waals surface area contributed by atoms with Crippen LogP contribution in [0.3, 0.4) is 0 Å². The van der Waals surface area contributed by atoms with E-state index in [4.69, 9.17) is 5.11 Å². The largest absolute Gasteiger partial charge is 0.466 e. The van der Waals surface area contributed by atoms with Gasteiger partial charge < -0.3 is 9.84 Å². The quantitative estimate of drug-likeness (QED) is 0.476. The van der Waals surface area contributed by atoms with E-state index >= 15 is 0 Å². The van der Waals surface area contributed by atoms with Crippen LogP contribution in [0.15, 0.2) is 59.7 Å². The molecule has 0 saturated heterocycles. The molecule has 0 unspecified atom stereocenters. The molecule has 0 atom stereocenters. The third-order valence-electron chi connectivity index (χ3n) is 2.94. The minimum absolute atomic E-state index is 0.167. The van der Waals surface area contributed by atoms with Crippen molar-refractivity contribution in [1.29, 1.82) is 0 Å². The molecule has 0 spiro atoms. The van der Waals surface area contributed by atoms with E-state index in [1.165, 1.54) is 24.3 Å². The fourth-order valence-corrected chi connectivity index (χ4v) is 1.64. The molecule has 126 valence electrons. The molecule has 1 aromatic carbocycles. The average Bonchev–Trinajstić information content (AvgIpc) is 2.54. The number of benzene rings is 1. The predicted octanol–water partition coefficient (Wildman–Crippen LogP) is 4.54. The summed E-state index contributed by atoms with van der Waals surface area (Å²) in [6.07, 6.45) is 9.34. The normalized spacial score (nSPS) is 10.7. The maximum absolute atomic E-state index is 10.7. The topological polar surface area (TPSA) is 46.5 Å². The molecule has 0 amide bonds. The van der Waals surface area contributed by atoms with Gasteiger partial charge in [-0.05, 0) is 45.3 Å². The summed E-state index contributed by atoms with van der Waals surface area (Å²) >= 11 is 0. The lowest BCUT2D eigenvalue weighted by Crippen LogP contribution is -1.92. The zero-order valence-corrected chi connectivity index (χ0v) is 14.6. The van der Waals surface area contributed by atoms with Gasteiger partial charge in [-0.1, -0.05) is 53.6 Å². The highest BCUT2D eigenvalue weighted by Gasteiger charge is 1.90. The van der Waals surface area contributed by atoms with E-state index in [9.17, 15) is 4.79 Å². The minimum Gasteiger partial charge on any atom is -0.466 e. The number of aliphatic hydroxyl groups is 1. The first-order chi connectivity index (χ1) is 11.0. The van der Waals surface area contributed by atoms with Gasteiger partial charge in [0, 0.05) is 6.08 Å². The SMILES string of the molecule is CC(C)=CCC/C(C)=C/CO.COC(=O)/C=C/c1ccccc1. The Balaban J connectivity index is 0.000000423. The summed E-state index contributed by atoms with van der Waals surface area (Å²) in [4.78, 5) is 10.7. The molecular formula is C20H28O3. The van der Waals surface area contributed by atoms with Crippen LogP contribution in [0, 0.1) is 0 Å². The number of ether oxygens (including phenoxy) is 1. The molecule has 1 rings (SSSR count). The molecule has 0 saturated carbocycles. The molecule has 0 aliphatic carbocycles. The van der Waals surface area contributed by atoms with Gasteiger partial charge in [0.2, 0.25) is 0 Å². The zero-order valence-electron chi connectivity index (χ0n) is 14.6. The van der Waals surface area contributed by atoms with Gasteiger partial charge in [0.1, 0.15) is 0 Å². The highest BCUT2D eigenvalue weighted by Crippen LogP contribution is 2.05. The molecule has 0 bridgehead atoms. The lowest BCUT2D eigenvalue weighted by atomic mass is 10.1. The zero-order chi connectivity index (χ0) is 17.5. The lowest BCUT2D eigenvalue weighted by molar-refractivity contribution is -0.134. The number of hydrogen-bond donors (Lipinski definition) is 1. The van der Waals surface area contributed by atoms with Crippen molar-refractivity contribution >= 4 is 12.0 Å². The van der Waals surface area contributed by atoms with Crippen LogP contribution in [-0.4, -0.2) is 24.8 Å². The maximum atomic E-state index is 10.7. The van der Waals surface area contributed by atoms with E-state index in [0.29, 0.717) is 0 Å². The molecule has 1 aromatic rings. The third-order valence-corrected chi connectivity index (χ3v) is 2.94. The van der Waals surface area contributed by atoms with Gasteiger partial charge in [-0.25, -0.2) is 4.79 Å². The van der Waals surface area contributed by atoms with Crippen LogP contribution in [-0.2, 0) is 9.53 Å². The Labute approximate surface area is 140 Å². The Morgan fingerprint density at radius 1 is 1.13 bits per heavy atom. The van der Waals surface area contributed by atoms with E-state index in [1.807, 2.05) is 36.4 Å². The van der Waals surface area contributed by atoms with Crippen molar-refractivity contribution in [2.45, 2.75) is 33.6 Å². The summed E-state index contributed by atoms with van der Waals surface area (Å²) in [7, 11) is 1.36. The molecule has 3 heteroatoms. The number of methoxy groups -OCH3 is 1. The second kappa shape index (κ2) is 13.5. The molecule has 3 nitrogen and oxygen atoms in total. The van der Waals surface area contributed by atoms with Crippen LogP contribution in [0.2, 0.25) is 0 Å². The first-order valence-corrected chi connectivity index (χ1v) is 7.70. The second-order valence-electron chi connectivity index (χ2n) is 5.32. The van der Waals surface area contributed by atoms with Crippen LogP contribution in [0.5, 0.6) is 0 Å².